The quantitative estimate of drug-likeness (QED) is 0.759. The summed E-state index contributed by atoms with van der Waals surface area (Å²) in [6.07, 6.45) is 6.27. The number of amides is 1. The van der Waals surface area contributed by atoms with Gasteiger partial charge in [-0.1, -0.05) is 19.3 Å². The Labute approximate surface area is 124 Å². The Morgan fingerprint density at radius 2 is 2.14 bits per heavy atom. The third kappa shape index (κ3) is 2.86. The monoisotopic (exact) mass is 286 g/mol. The lowest BCUT2D eigenvalue weighted by Crippen LogP contribution is -2.39. The van der Waals surface area contributed by atoms with Gasteiger partial charge in [-0.05, 0) is 43.9 Å². The lowest BCUT2D eigenvalue weighted by molar-refractivity contribution is 0.0916. The topological polar surface area (TPSA) is 83.8 Å². The van der Waals surface area contributed by atoms with Crippen molar-refractivity contribution in [2.24, 2.45) is 5.92 Å². The van der Waals surface area contributed by atoms with Gasteiger partial charge in [-0.3, -0.25) is 9.89 Å². The molecule has 1 amide bonds. The molecule has 0 radical (unpaired) electrons. The Hall–Kier alpha value is -2.04. The van der Waals surface area contributed by atoms with Crippen LogP contribution >= 0.6 is 0 Å². The molecule has 1 aromatic heterocycles. The van der Waals surface area contributed by atoms with E-state index in [1.54, 1.807) is 12.1 Å². The number of nitrogens with one attached hydrogen (secondary N) is 2. The van der Waals surface area contributed by atoms with Crippen LogP contribution in [0.3, 0.4) is 0 Å². The number of aromatic amines is 1. The summed E-state index contributed by atoms with van der Waals surface area (Å²) in [6.45, 7) is 2.09. The van der Waals surface area contributed by atoms with Crippen LogP contribution in [0.4, 0.5) is 5.69 Å². The first-order valence-electron chi connectivity index (χ1n) is 7.69. The van der Waals surface area contributed by atoms with Gasteiger partial charge in [-0.25, -0.2) is 0 Å². The first-order chi connectivity index (χ1) is 10.1. The summed E-state index contributed by atoms with van der Waals surface area (Å²) >= 11 is 0. The molecule has 0 bridgehead atoms. The number of anilines is 1. The fourth-order valence-corrected chi connectivity index (χ4v) is 3.23. The van der Waals surface area contributed by atoms with Crippen molar-refractivity contribution in [2.75, 3.05) is 5.73 Å². The highest BCUT2D eigenvalue weighted by molar-refractivity contribution is 6.05. The van der Waals surface area contributed by atoms with Crippen LogP contribution < -0.4 is 11.1 Å². The molecule has 0 aliphatic heterocycles. The minimum Gasteiger partial charge on any atom is -0.399 e. The van der Waals surface area contributed by atoms with E-state index >= 15 is 0 Å². The van der Waals surface area contributed by atoms with Gasteiger partial charge in [-0.15, -0.1) is 0 Å². The van der Waals surface area contributed by atoms with E-state index in [0.717, 1.165) is 10.9 Å². The van der Waals surface area contributed by atoms with Crippen LogP contribution in [0.1, 0.15) is 49.5 Å². The summed E-state index contributed by atoms with van der Waals surface area (Å²) in [6, 6.07) is 5.62. The number of rotatable bonds is 3. The van der Waals surface area contributed by atoms with E-state index in [1.807, 2.05) is 6.07 Å². The Kier molecular flexibility index (Phi) is 3.82. The predicted molar refractivity (Wildman–Crippen MR) is 84.0 cm³/mol. The molecule has 0 saturated heterocycles. The smallest absolute Gasteiger partial charge is 0.272 e. The van der Waals surface area contributed by atoms with Crippen LogP contribution in [0.2, 0.25) is 0 Å². The zero-order chi connectivity index (χ0) is 14.8. The second-order valence-electron chi connectivity index (χ2n) is 6.04. The van der Waals surface area contributed by atoms with Gasteiger partial charge in [0, 0.05) is 17.1 Å². The van der Waals surface area contributed by atoms with Crippen LogP contribution in [0.5, 0.6) is 0 Å². The first kappa shape index (κ1) is 13.9. The van der Waals surface area contributed by atoms with Gasteiger partial charge in [0.05, 0.1) is 5.52 Å². The maximum absolute atomic E-state index is 12.4. The van der Waals surface area contributed by atoms with Crippen molar-refractivity contribution in [3.63, 3.8) is 0 Å². The van der Waals surface area contributed by atoms with Gasteiger partial charge in [0.15, 0.2) is 5.69 Å². The molecule has 1 aromatic carbocycles. The molecule has 1 atom stereocenters. The molecule has 5 nitrogen and oxygen atoms in total. The van der Waals surface area contributed by atoms with Gasteiger partial charge in [0.2, 0.25) is 0 Å². The van der Waals surface area contributed by atoms with Crippen molar-refractivity contribution < 1.29 is 4.79 Å². The fourth-order valence-electron chi connectivity index (χ4n) is 3.23. The van der Waals surface area contributed by atoms with Crippen LogP contribution in [-0.2, 0) is 0 Å². The van der Waals surface area contributed by atoms with Crippen molar-refractivity contribution in [3.8, 4) is 0 Å². The van der Waals surface area contributed by atoms with Crippen LogP contribution in [0, 0.1) is 5.92 Å². The molecule has 5 heteroatoms. The molecule has 1 saturated carbocycles. The number of benzene rings is 1. The molecule has 1 fully saturated rings. The number of aromatic nitrogens is 2. The minimum atomic E-state index is -0.120. The summed E-state index contributed by atoms with van der Waals surface area (Å²) in [5.41, 5.74) is 7.70. The predicted octanol–water partition coefficient (Wildman–Crippen LogP) is 2.84. The molecule has 4 N–H and O–H groups in total. The van der Waals surface area contributed by atoms with Crippen molar-refractivity contribution in [1.82, 2.24) is 15.5 Å². The van der Waals surface area contributed by atoms with E-state index in [4.69, 9.17) is 5.73 Å². The summed E-state index contributed by atoms with van der Waals surface area (Å²) < 4.78 is 0. The summed E-state index contributed by atoms with van der Waals surface area (Å²) in [4.78, 5) is 12.4. The van der Waals surface area contributed by atoms with Gasteiger partial charge in [-0.2, -0.15) is 5.10 Å². The molecule has 112 valence electrons. The molecule has 1 heterocycles. The molecule has 0 spiro atoms. The second-order valence-corrected chi connectivity index (χ2v) is 6.04. The average Bonchev–Trinajstić information content (AvgIpc) is 2.91. The van der Waals surface area contributed by atoms with Gasteiger partial charge >= 0.3 is 0 Å². The van der Waals surface area contributed by atoms with E-state index in [1.165, 1.54) is 32.1 Å². The highest BCUT2D eigenvalue weighted by Gasteiger charge is 2.23. The van der Waals surface area contributed by atoms with Crippen LogP contribution in [0.15, 0.2) is 18.2 Å². The number of nitrogens with two attached hydrogens (primary N) is 1. The normalized spacial score (nSPS) is 17.8. The molecule has 1 aliphatic rings. The number of fused-ring (bicyclic) bond motifs is 1. The molecular weight excluding hydrogens is 264 g/mol. The number of nitrogens with zero attached hydrogens (tertiary/aromatic N) is 1. The van der Waals surface area contributed by atoms with Crippen molar-refractivity contribution in [2.45, 2.75) is 45.1 Å². The van der Waals surface area contributed by atoms with E-state index in [2.05, 4.69) is 22.4 Å². The summed E-state index contributed by atoms with van der Waals surface area (Å²) in [7, 11) is 0. The lowest BCUT2D eigenvalue weighted by Gasteiger charge is -2.28. The molecule has 1 aliphatic carbocycles. The van der Waals surface area contributed by atoms with Gasteiger partial charge < -0.3 is 11.1 Å². The van der Waals surface area contributed by atoms with Gasteiger partial charge in [0.25, 0.3) is 5.91 Å². The third-order valence-corrected chi connectivity index (χ3v) is 4.52. The summed E-state index contributed by atoms with van der Waals surface area (Å²) in [5.74, 6) is 0.461. The summed E-state index contributed by atoms with van der Waals surface area (Å²) in [5, 5.41) is 10.9. The highest BCUT2D eigenvalue weighted by atomic mass is 16.2. The van der Waals surface area contributed by atoms with E-state index in [-0.39, 0.29) is 11.9 Å². The van der Waals surface area contributed by atoms with Crippen molar-refractivity contribution >= 4 is 22.5 Å². The Morgan fingerprint density at radius 1 is 1.38 bits per heavy atom. The number of carbonyl (C=O) groups is 1. The van der Waals surface area contributed by atoms with Gasteiger partial charge in [0.1, 0.15) is 0 Å². The molecular formula is C16H22N4O. The lowest BCUT2D eigenvalue weighted by atomic mass is 9.84. The Bertz CT molecular complexity index is 643. The van der Waals surface area contributed by atoms with Crippen molar-refractivity contribution in [1.29, 1.82) is 0 Å². The molecule has 1 unspecified atom stereocenters. The molecule has 3 rings (SSSR count). The van der Waals surface area contributed by atoms with E-state index < -0.39 is 0 Å². The highest BCUT2D eigenvalue weighted by Crippen LogP contribution is 2.26. The zero-order valence-electron chi connectivity index (χ0n) is 12.4. The maximum Gasteiger partial charge on any atom is 0.272 e. The third-order valence-electron chi connectivity index (χ3n) is 4.52. The minimum absolute atomic E-state index is 0.120. The van der Waals surface area contributed by atoms with Crippen LogP contribution in [0.25, 0.3) is 10.9 Å². The maximum atomic E-state index is 12.4. The standard InChI is InChI=1S/C16H22N4O/c1-10(11-5-3-2-4-6-11)18-16(21)15-13-9-12(17)7-8-14(13)19-20-15/h7-11H,2-6,17H2,1H3,(H,18,21)(H,19,20). The zero-order valence-corrected chi connectivity index (χ0v) is 12.4. The second kappa shape index (κ2) is 5.76. The average molecular weight is 286 g/mol. The molecule has 21 heavy (non-hydrogen) atoms. The largest absolute Gasteiger partial charge is 0.399 e. The van der Waals surface area contributed by atoms with E-state index in [0.29, 0.717) is 17.3 Å². The molecule has 2 aromatic rings. The van der Waals surface area contributed by atoms with Crippen molar-refractivity contribution in [3.05, 3.63) is 23.9 Å². The van der Waals surface area contributed by atoms with Crippen LogP contribution in [-0.4, -0.2) is 22.1 Å². The SMILES string of the molecule is CC(NC(=O)c1n[nH]c2ccc(N)cc12)C1CCCCC1. The Morgan fingerprint density at radius 3 is 2.90 bits per heavy atom. The number of nitrogen functional groups attached to an aromatic ring is 1. The number of hydrogen-bond donors (Lipinski definition) is 3. The Balaban J connectivity index is 1.75. The number of H-pyrrole nitrogens is 1. The number of carbonyl (C=O) groups excluding carboxylic acids is 1. The number of hydrogen-bond acceptors (Lipinski definition) is 3. The first-order valence-corrected chi connectivity index (χ1v) is 7.69. The fraction of sp³-hybridized carbons (Fsp3) is 0.500. The van der Waals surface area contributed by atoms with E-state index in [9.17, 15) is 4.79 Å².